The van der Waals surface area contributed by atoms with Crippen molar-refractivity contribution in [2.24, 2.45) is 0 Å². The van der Waals surface area contributed by atoms with Crippen molar-refractivity contribution in [3.8, 4) is 0 Å². The van der Waals surface area contributed by atoms with E-state index in [0.717, 1.165) is 44.8 Å². The molecule has 0 aliphatic carbocycles. The van der Waals surface area contributed by atoms with Gasteiger partial charge in [0.1, 0.15) is 0 Å². The summed E-state index contributed by atoms with van der Waals surface area (Å²) in [6, 6.07) is 9.97. The van der Waals surface area contributed by atoms with Crippen LogP contribution in [0.25, 0.3) is 0 Å². The van der Waals surface area contributed by atoms with Crippen LogP contribution in [0.2, 0.25) is 0 Å². The lowest BCUT2D eigenvalue weighted by Crippen LogP contribution is -2.49. The van der Waals surface area contributed by atoms with Gasteiger partial charge in [0.25, 0.3) is 0 Å². The molecule has 0 bridgehead atoms. The van der Waals surface area contributed by atoms with E-state index < -0.39 is 0 Å². The van der Waals surface area contributed by atoms with Crippen LogP contribution in [0.5, 0.6) is 0 Å². The van der Waals surface area contributed by atoms with Gasteiger partial charge in [-0.25, -0.2) is 4.98 Å². The fraction of sp³-hybridized carbons (Fsp3) is 0.412. The predicted octanol–water partition coefficient (Wildman–Crippen LogP) is 1.27. The third-order valence-electron chi connectivity index (χ3n) is 4.16. The first kappa shape index (κ1) is 14.8. The lowest BCUT2D eigenvalue weighted by molar-refractivity contribution is -0.132. The maximum atomic E-state index is 12.3. The van der Waals surface area contributed by atoms with E-state index in [4.69, 9.17) is 0 Å². The first-order valence-corrected chi connectivity index (χ1v) is 7.81. The fourth-order valence-electron chi connectivity index (χ4n) is 2.78. The Kier molecular flexibility index (Phi) is 4.85. The van der Waals surface area contributed by atoms with E-state index in [2.05, 4.69) is 14.5 Å². The molecular weight excluding hydrogens is 276 g/mol. The highest BCUT2D eigenvalue weighted by molar-refractivity contribution is 5.78. The van der Waals surface area contributed by atoms with Gasteiger partial charge in [0.2, 0.25) is 5.91 Å². The fourth-order valence-corrected chi connectivity index (χ4v) is 2.78. The molecule has 0 spiro atoms. The number of hydrogen-bond acceptors (Lipinski definition) is 3. The van der Waals surface area contributed by atoms with Crippen LogP contribution < -0.4 is 0 Å². The second-order valence-electron chi connectivity index (χ2n) is 5.69. The Labute approximate surface area is 131 Å². The maximum absolute atomic E-state index is 12.3. The molecule has 1 amide bonds. The van der Waals surface area contributed by atoms with E-state index in [1.54, 1.807) is 6.20 Å². The molecule has 1 aliphatic rings. The highest BCUT2D eigenvalue weighted by atomic mass is 16.2. The van der Waals surface area contributed by atoms with Crippen molar-refractivity contribution < 1.29 is 4.79 Å². The van der Waals surface area contributed by atoms with Crippen LogP contribution >= 0.6 is 0 Å². The van der Waals surface area contributed by atoms with Crippen LogP contribution in [-0.2, 0) is 17.8 Å². The third-order valence-corrected chi connectivity index (χ3v) is 4.16. The summed E-state index contributed by atoms with van der Waals surface area (Å²) in [7, 11) is 0. The number of hydrogen-bond donors (Lipinski definition) is 0. The van der Waals surface area contributed by atoms with Crippen molar-refractivity contribution in [3.05, 3.63) is 54.6 Å². The Morgan fingerprint density at radius 1 is 1.05 bits per heavy atom. The molecule has 0 atom stereocenters. The maximum Gasteiger partial charge on any atom is 0.227 e. The number of aromatic nitrogens is 2. The van der Waals surface area contributed by atoms with Gasteiger partial charge in [-0.3, -0.25) is 9.69 Å². The number of piperazine rings is 1. The summed E-state index contributed by atoms with van der Waals surface area (Å²) in [4.78, 5) is 20.8. The smallest absolute Gasteiger partial charge is 0.227 e. The number of benzene rings is 1. The molecule has 0 radical (unpaired) electrons. The van der Waals surface area contributed by atoms with Crippen LogP contribution in [-0.4, -0.2) is 58.0 Å². The standard InChI is InChI=1S/C17H22N4O/c22-17(14-16-4-2-1-3-5-16)21-12-10-19(11-13-21)8-9-20-7-6-18-15-20/h1-7,15H,8-14H2. The number of rotatable bonds is 5. The molecular formula is C17H22N4O. The topological polar surface area (TPSA) is 41.4 Å². The highest BCUT2D eigenvalue weighted by Gasteiger charge is 2.20. The van der Waals surface area contributed by atoms with E-state index >= 15 is 0 Å². The van der Waals surface area contributed by atoms with Gasteiger partial charge in [-0.15, -0.1) is 0 Å². The normalized spacial score (nSPS) is 15.9. The Balaban J connectivity index is 1.42. The van der Waals surface area contributed by atoms with Crippen molar-refractivity contribution in [1.82, 2.24) is 19.4 Å². The van der Waals surface area contributed by atoms with Crippen LogP contribution in [0.4, 0.5) is 0 Å². The molecule has 3 rings (SSSR count). The predicted molar refractivity (Wildman–Crippen MR) is 85.4 cm³/mol. The number of carbonyl (C=O) groups is 1. The minimum atomic E-state index is 0.237. The minimum Gasteiger partial charge on any atom is -0.340 e. The van der Waals surface area contributed by atoms with E-state index in [1.165, 1.54) is 0 Å². The van der Waals surface area contributed by atoms with Crippen LogP contribution in [0.3, 0.4) is 0 Å². The Morgan fingerprint density at radius 3 is 2.50 bits per heavy atom. The molecule has 0 unspecified atom stereocenters. The molecule has 22 heavy (non-hydrogen) atoms. The van der Waals surface area contributed by atoms with Gasteiger partial charge in [0.15, 0.2) is 0 Å². The van der Waals surface area contributed by atoms with Crippen molar-refractivity contribution in [2.75, 3.05) is 32.7 Å². The first-order valence-electron chi connectivity index (χ1n) is 7.81. The van der Waals surface area contributed by atoms with Gasteiger partial charge in [-0.05, 0) is 5.56 Å². The van der Waals surface area contributed by atoms with Gasteiger partial charge in [0, 0.05) is 51.7 Å². The van der Waals surface area contributed by atoms with E-state index in [9.17, 15) is 4.79 Å². The second kappa shape index (κ2) is 7.22. The number of imidazole rings is 1. The lowest BCUT2D eigenvalue weighted by Gasteiger charge is -2.34. The molecule has 0 N–H and O–H groups in total. The summed E-state index contributed by atoms with van der Waals surface area (Å²) >= 11 is 0. The molecule has 116 valence electrons. The first-order chi connectivity index (χ1) is 10.8. The van der Waals surface area contributed by atoms with Gasteiger partial charge in [-0.1, -0.05) is 30.3 Å². The molecule has 1 fully saturated rings. The zero-order chi connectivity index (χ0) is 15.2. The minimum absolute atomic E-state index is 0.237. The monoisotopic (exact) mass is 298 g/mol. The SMILES string of the molecule is O=C(Cc1ccccc1)N1CCN(CCn2ccnc2)CC1. The molecule has 1 aromatic heterocycles. The molecule has 5 nitrogen and oxygen atoms in total. The third kappa shape index (κ3) is 3.95. The summed E-state index contributed by atoms with van der Waals surface area (Å²) < 4.78 is 2.09. The molecule has 1 aliphatic heterocycles. The largest absolute Gasteiger partial charge is 0.340 e. The number of nitrogens with zero attached hydrogens (tertiary/aromatic N) is 4. The van der Waals surface area contributed by atoms with E-state index in [0.29, 0.717) is 6.42 Å². The molecule has 2 aromatic rings. The van der Waals surface area contributed by atoms with Gasteiger partial charge in [0.05, 0.1) is 12.7 Å². The van der Waals surface area contributed by atoms with Crippen molar-refractivity contribution >= 4 is 5.91 Å². The molecule has 1 saturated heterocycles. The van der Waals surface area contributed by atoms with E-state index in [1.807, 2.05) is 47.8 Å². The highest BCUT2D eigenvalue weighted by Crippen LogP contribution is 2.07. The van der Waals surface area contributed by atoms with Crippen LogP contribution in [0, 0.1) is 0 Å². The Hall–Kier alpha value is -2.14. The summed E-state index contributed by atoms with van der Waals surface area (Å²) in [6.07, 6.45) is 6.15. The van der Waals surface area contributed by atoms with Crippen molar-refractivity contribution in [2.45, 2.75) is 13.0 Å². The van der Waals surface area contributed by atoms with Crippen LogP contribution in [0.15, 0.2) is 49.1 Å². The number of carbonyl (C=O) groups excluding carboxylic acids is 1. The zero-order valence-electron chi connectivity index (χ0n) is 12.8. The molecule has 5 heteroatoms. The van der Waals surface area contributed by atoms with Crippen LogP contribution in [0.1, 0.15) is 5.56 Å². The molecule has 2 heterocycles. The van der Waals surface area contributed by atoms with Gasteiger partial charge < -0.3 is 9.47 Å². The zero-order valence-corrected chi connectivity index (χ0v) is 12.8. The average Bonchev–Trinajstić information content (AvgIpc) is 3.08. The molecule has 1 aromatic carbocycles. The Morgan fingerprint density at radius 2 is 1.82 bits per heavy atom. The second-order valence-corrected chi connectivity index (χ2v) is 5.69. The summed E-state index contributed by atoms with van der Waals surface area (Å²) in [6.45, 7) is 5.53. The van der Waals surface area contributed by atoms with Gasteiger partial charge in [-0.2, -0.15) is 0 Å². The van der Waals surface area contributed by atoms with Crippen molar-refractivity contribution in [1.29, 1.82) is 0 Å². The summed E-state index contributed by atoms with van der Waals surface area (Å²) in [5, 5.41) is 0. The summed E-state index contributed by atoms with van der Waals surface area (Å²) in [5.74, 6) is 0.237. The van der Waals surface area contributed by atoms with E-state index in [-0.39, 0.29) is 5.91 Å². The van der Waals surface area contributed by atoms with Crippen molar-refractivity contribution in [3.63, 3.8) is 0 Å². The lowest BCUT2D eigenvalue weighted by atomic mass is 10.1. The summed E-state index contributed by atoms with van der Waals surface area (Å²) in [5.41, 5.74) is 1.09. The number of amides is 1. The quantitative estimate of drug-likeness (QED) is 0.835. The Bertz CT molecular complexity index is 574. The van der Waals surface area contributed by atoms with Gasteiger partial charge >= 0.3 is 0 Å². The molecule has 0 saturated carbocycles. The average molecular weight is 298 g/mol.